The van der Waals surface area contributed by atoms with Crippen LogP contribution in [0, 0.1) is 0 Å². The molecule has 0 saturated carbocycles. The number of rotatable bonds is 3. The molecule has 0 aliphatic heterocycles. The molecule has 1 N–H and O–H groups in total. The van der Waals surface area contributed by atoms with Crippen LogP contribution in [0.25, 0.3) is 0 Å². The van der Waals surface area contributed by atoms with E-state index in [0.29, 0.717) is 11.7 Å². The van der Waals surface area contributed by atoms with E-state index in [-0.39, 0.29) is 5.56 Å². The van der Waals surface area contributed by atoms with Crippen LogP contribution in [0.3, 0.4) is 0 Å². The van der Waals surface area contributed by atoms with E-state index in [9.17, 15) is 4.79 Å². The zero-order valence-corrected chi connectivity index (χ0v) is 8.64. The summed E-state index contributed by atoms with van der Waals surface area (Å²) < 4.78 is 5.07. The molecule has 13 heavy (non-hydrogen) atoms. The fourth-order valence-electron chi connectivity index (χ4n) is 1.12. The van der Waals surface area contributed by atoms with Gasteiger partial charge in [0.15, 0.2) is 0 Å². The molecule has 1 rings (SSSR count). The van der Waals surface area contributed by atoms with E-state index in [1.54, 1.807) is 5.38 Å². The van der Waals surface area contributed by atoms with E-state index in [0.717, 1.165) is 4.88 Å². The van der Waals surface area contributed by atoms with Crippen LogP contribution in [-0.2, 0) is 0 Å². The van der Waals surface area contributed by atoms with E-state index in [1.165, 1.54) is 18.4 Å². The summed E-state index contributed by atoms with van der Waals surface area (Å²) in [6, 6.07) is 0. The highest BCUT2D eigenvalue weighted by molar-refractivity contribution is 7.10. The summed E-state index contributed by atoms with van der Waals surface area (Å²) >= 11 is 1.43. The number of aromatic carboxylic acids is 1. The Kier molecular flexibility index (Phi) is 2.93. The van der Waals surface area contributed by atoms with Crippen molar-refractivity contribution >= 4 is 17.3 Å². The van der Waals surface area contributed by atoms with Crippen molar-refractivity contribution in [3.8, 4) is 5.75 Å². The van der Waals surface area contributed by atoms with Crippen LogP contribution in [0.5, 0.6) is 5.75 Å². The molecule has 0 atom stereocenters. The van der Waals surface area contributed by atoms with E-state index in [1.807, 2.05) is 13.8 Å². The monoisotopic (exact) mass is 200 g/mol. The third kappa shape index (κ3) is 1.83. The van der Waals surface area contributed by atoms with Crippen LogP contribution in [-0.4, -0.2) is 18.2 Å². The molecule has 0 unspecified atom stereocenters. The van der Waals surface area contributed by atoms with Gasteiger partial charge in [-0.3, -0.25) is 0 Å². The Morgan fingerprint density at radius 3 is 2.62 bits per heavy atom. The summed E-state index contributed by atoms with van der Waals surface area (Å²) in [5.74, 6) is -0.124. The highest BCUT2D eigenvalue weighted by atomic mass is 32.1. The van der Waals surface area contributed by atoms with Crippen molar-refractivity contribution < 1.29 is 14.6 Å². The van der Waals surface area contributed by atoms with E-state index in [2.05, 4.69) is 0 Å². The molecule has 0 aromatic carbocycles. The topological polar surface area (TPSA) is 46.5 Å². The predicted octanol–water partition coefficient (Wildman–Crippen LogP) is 2.58. The molecule has 1 aromatic rings. The predicted molar refractivity (Wildman–Crippen MR) is 51.9 cm³/mol. The number of carboxylic acids is 1. The number of thiophene rings is 1. The zero-order valence-electron chi connectivity index (χ0n) is 7.83. The molecule has 0 amide bonds. The van der Waals surface area contributed by atoms with Crippen molar-refractivity contribution in [1.82, 2.24) is 0 Å². The SMILES string of the molecule is COc1c(C(=O)O)csc1C(C)C. The summed E-state index contributed by atoms with van der Waals surface area (Å²) in [6.45, 7) is 4.03. The quantitative estimate of drug-likeness (QED) is 0.815. The lowest BCUT2D eigenvalue weighted by Crippen LogP contribution is -1.98. The standard InChI is InChI=1S/C9H12O3S/c1-5(2)8-7(12-3)6(4-13-8)9(10)11/h4-5H,1-3H3,(H,10,11). The third-order valence-electron chi connectivity index (χ3n) is 1.73. The molecule has 1 heterocycles. The minimum Gasteiger partial charge on any atom is -0.495 e. The molecule has 0 aliphatic carbocycles. The van der Waals surface area contributed by atoms with Gasteiger partial charge in [0.25, 0.3) is 0 Å². The lowest BCUT2D eigenvalue weighted by atomic mass is 10.1. The second-order valence-corrected chi connectivity index (χ2v) is 3.92. The van der Waals surface area contributed by atoms with Gasteiger partial charge in [0.05, 0.1) is 7.11 Å². The molecule has 0 fully saturated rings. The van der Waals surface area contributed by atoms with Crippen molar-refractivity contribution in [2.45, 2.75) is 19.8 Å². The number of methoxy groups -OCH3 is 1. The minimum atomic E-state index is -0.931. The summed E-state index contributed by atoms with van der Waals surface area (Å²) in [7, 11) is 1.50. The maximum absolute atomic E-state index is 10.7. The number of hydrogen-bond donors (Lipinski definition) is 1. The maximum Gasteiger partial charge on any atom is 0.340 e. The van der Waals surface area contributed by atoms with Crippen molar-refractivity contribution in [2.75, 3.05) is 7.11 Å². The number of ether oxygens (including phenoxy) is 1. The second kappa shape index (κ2) is 3.79. The van der Waals surface area contributed by atoms with Gasteiger partial charge in [0, 0.05) is 10.3 Å². The molecule has 0 saturated heterocycles. The Labute approximate surface area is 81.0 Å². The Hall–Kier alpha value is -1.03. The van der Waals surface area contributed by atoms with Crippen molar-refractivity contribution in [1.29, 1.82) is 0 Å². The normalized spacial score (nSPS) is 10.5. The molecular weight excluding hydrogens is 188 g/mol. The van der Waals surface area contributed by atoms with Crippen molar-refractivity contribution in [2.24, 2.45) is 0 Å². The molecule has 0 bridgehead atoms. The summed E-state index contributed by atoms with van der Waals surface area (Å²) in [5, 5.41) is 10.4. The molecule has 3 nitrogen and oxygen atoms in total. The van der Waals surface area contributed by atoms with Gasteiger partial charge in [-0.1, -0.05) is 13.8 Å². The molecule has 1 aromatic heterocycles. The van der Waals surface area contributed by atoms with Crippen LogP contribution in [0.1, 0.15) is 35.0 Å². The van der Waals surface area contributed by atoms with Crippen molar-refractivity contribution in [3.05, 3.63) is 15.8 Å². The van der Waals surface area contributed by atoms with Crippen LogP contribution < -0.4 is 4.74 Å². The summed E-state index contributed by atoms with van der Waals surface area (Å²) in [5.41, 5.74) is 0.260. The van der Waals surface area contributed by atoms with Gasteiger partial charge in [0.2, 0.25) is 0 Å². The van der Waals surface area contributed by atoms with Gasteiger partial charge in [-0.05, 0) is 5.92 Å². The van der Waals surface area contributed by atoms with Crippen LogP contribution >= 0.6 is 11.3 Å². The third-order valence-corrected chi connectivity index (χ3v) is 3.00. The maximum atomic E-state index is 10.7. The van der Waals surface area contributed by atoms with Crippen molar-refractivity contribution in [3.63, 3.8) is 0 Å². The minimum absolute atomic E-state index is 0.260. The molecule has 0 aliphatic rings. The molecule has 0 radical (unpaired) electrons. The van der Waals surface area contributed by atoms with Gasteiger partial charge in [-0.15, -0.1) is 11.3 Å². The highest BCUT2D eigenvalue weighted by Crippen LogP contribution is 2.35. The first kappa shape index (κ1) is 10.1. The molecule has 4 heteroatoms. The van der Waals surface area contributed by atoms with Crippen LogP contribution in [0.15, 0.2) is 5.38 Å². The second-order valence-electron chi connectivity index (χ2n) is 3.01. The van der Waals surface area contributed by atoms with E-state index >= 15 is 0 Å². The zero-order chi connectivity index (χ0) is 10.0. The first-order valence-corrected chi connectivity index (χ1v) is 4.84. The van der Waals surface area contributed by atoms with Gasteiger partial charge >= 0.3 is 5.97 Å². The fourth-order valence-corrected chi connectivity index (χ4v) is 2.14. The Balaban J connectivity index is 3.18. The average Bonchev–Trinajstić information content (AvgIpc) is 2.46. The number of carbonyl (C=O) groups is 1. The van der Waals surface area contributed by atoms with Gasteiger partial charge < -0.3 is 9.84 Å². The van der Waals surface area contributed by atoms with E-state index < -0.39 is 5.97 Å². The Bertz CT molecular complexity index is 315. The average molecular weight is 200 g/mol. The smallest absolute Gasteiger partial charge is 0.340 e. The van der Waals surface area contributed by atoms with Crippen LogP contribution in [0.4, 0.5) is 0 Å². The number of hydrogen-bond acceptors (Lipinski definition) is 3. The summed E-state index contributed by atoms with van der Waals surface area (Å²) in [6.07, 6.45) is 0. The first-order chi connectivity index (χ1) is 6.07. The van der Waals surface area contributed by atoms with E-state index in [4.69, 9.17) is 9.84 Å². The van der Waals surface area contributed by atoms with Gasteiger partial charge in [0.1, 0.15) is 11.3 Å². The lowest BCUT2D eigenvalue weighted by molar-refractivity contribution is 0.0694. The van der Waals surface area contributed by atoms with Crippen LogP contribution in [0.2, 0.25) is 0 Å². The van der Waals surface area contributed by atoms with Gasteiger partial charge in [-0.2, -0.15) is 0 Å². The summed E-state index contributed by atoms with van der Waals surface area (Å²) in [4.78, 5) is 11.7. The molecule has 72 valence electrons. The largest absolute Gasteiger partial charge is 0.495 e. The Morgan fingerprint density at radius 1 is 1.62 bits per heavy atom. The highest BCUT2D eigenvalue weighted by Gasteiger charge is 2.19. The fraction of sp³-hybridized carbons (Fsp3) is 0.444. The molecule has 0 spiro atoms. The molecular formula is C9H12O3S. The van der Waals surface area contributed by atoms with Gasteiger partial charge in [-0.25, -0.2) is 4.79 Å². The Morgan fingerprint density at radius 2 is 2.23 bits per heavy atom. The number of carboxylic acid groups (broad SMARTS) is 1. The lowest BCUT2D eigenvalue weighted by Gasteiger charge is -2.05. The first-order valence-electron chi connectivity index (χ1n) is 3.96.